The molecule has 0 amide bonds. The largest absolute Gasteiger partial charge is 0.393 e. The first-order valence-corrected chi connectivity index (χ1v) is 10.9. The first-order valence-electron chi connectivity index (χ1n) is 10.9. The van der Waals surface area contributed by atoms with E-state index in [2.05, 4.69) is 54.1 Å². The number of nitrogens with two attached hydrogens (primary N) is 1. The average molecular weight is 407 g/mol. The number of aliphatic hydroxyl groups excluding tert-OH is 1. The fourth-order valence-electron chi connectivity index (χ4n) is 5.51. The number of piperidine rings is 1. The van der Waals surface area contributed by atoms with Crippen LogP contribution in [-0.2, 0) is 0 Å². The molecule has 2 aliphatic rings. The molecule has 7 heteroatoms. The summed E-state index contributed by atoms with van der Waals surface area (Å²) >= 11 is 0. The summed E-state index contributed by atoms with van der Waals surface area (Å²) in [6.07, 6.45) is 5.01. The van der Waals surface area contributed by atoms with E-state index in [1.54, 1.807) is 6.33 Å². The summed E-state index contributed by atoms with van der Waals surface area (Å²) in [6.45, 7) is 8.09. The van der Waals surface area contributed by atoms with Gasteiger partial charge in [0.25, 0.3) is 0 Å². The van der Waals surface area contributed by atoms with E-state index in [0.29, 0.717) is 0 Å². The fraction of sp³-hybridized carbons (Fsp3) is 0.522. The SMILES string of the molecule is Cc1cccc(-c2c(C)nc(N3CCC4(CC3)C[C@@H](O)C[C@H]4N)n3cnnc23)c1C. The molecule has 7 nitrogen and oxygen atoms in total. The Hall–Kier alpha value is -2.51. The molecule has 1 aliphatic heterocycles. The van der Waals surface area contributed by atoms with Gasteiger partial charge in [-0.1, -0.05) is 18.2 Å². The van der Waals surface area contributed by atoms with Crippen molar-refractivity contribution in [1.29, 1.82) is 0 Å². The Bertz CT molecular complexity index is 1100. The second-order valence-corrected chi connectivity index (χ2v) is 9.19. The van der Waals surface area contributed by atoms with Gasteiger partial charge in [-0.25, -0.2) is 4.98 Å². The monoisotopic (exact) mass is 406 g/mol. The van der Waals surface area contributed by atoms with Crippen molar-refractivity contribution in [3.8, 4) is 11.1 Å². The van der Waals surface area contributed by atoms with Crippen LogP contribution >= 0.6 is 0 Å². The van der Waals surface area contributed by atoms with Crippen molar-refractivity contribution in [3.63, 3.8) is 0 Å². The van der Waals surface area contributed by atoms with Crippen molar-refractivity contribution in [2.75, 3.05) is 18.0 Å². The summed E-state index contributed by atoms with van der Waals surface area (Å²) in [4.78, 5) is 7.34. The van der Waals surface area contributed by atoms with Gasteiger partial charge in [-0.15, -0.1) is 10.2 Å². The first kappa shape index (κ1) is 19.5. The Balaban J connectivity index is 1.52. The summed E-state index contributed by atoms with van der Waals surface area (Å²) in [5.41, 5.74) is 13.0. The number of nitrogens with zero attached hydrogens (tertiary/aromatic N) is 5. The number of aromatic nitrogens is 4. The van der Waals surface area contributed by atoms with E-state index in [0.717, 1.165) is 67.2 Å². The van der Waals surface area contributed by atoms with Crippen molar-refractivity contribution < 1.29 is 5.11 Å². The molecule has 30 heavy (non-hydrogen) atoms. The summed E-state index contributed by atoms with van der Waals surface area (Å²) in [7, 11) is 0. The molecule has 3 heterocycles. The van der Waals surface area contributed by atoms with Crippen LogP contribution in [0.3, 0.4) is 0 Å². The van der Waals surface area contributed by atoms with Gasteiger partial charge in [0.15, 0.2) is 5.65 Å². The standard InChI is InChI=1S/C23H30N6O/c1-14-5-4-6-18(15(14)2)20-16(3)26-22(29-13-25-27-21(20)29)28-9-7-23(8-10-28)12-17(30)11-19(23)24/h4-6,13,17,19,30H,7-12,24H2,1-3H3/t17-,19+/m0/s1. The van der Waals surface area contributed by atoms with Crippen molar-refractivity contribution >= 4 is 11.6 Å². The molecule has 2 fully saturated rings. The summed E-state index contributed by atoms with van der Waals surface area (Å²) in [6, 6.07) is 6.44. The maximum absolute atomic E-state index is 10.1. The van der Waals surface area contributed by atoms with Crippen LogP contribution in [0.25, 0.3) is 16.8 Å². The minimum atomic E-state index is -0.256. The summed E-state index contributed by atoms with van der Waals surface area (Å²) in [5, 5.41) is 18.8. The third-order valence-corrected chi connectivity index (χ3v) is 7.49. The van der Waals surface area contributed by atoms with E-state index >= 15 is 0 Å². The average Bonchev–Trinajstić information content (AvgIpc) is 3.29. The second-order valence-electron chi connectivity index (χ2n) is 9.19. The second kappa shape index (κ2) is 7.03. The van der Waals surface area contributed by atoms with Crippen LogP contribution in [0.4, 0.5) is 5.95 Å². The van der Waals surface area contributed by atoms with E-state index in [9.17, 15) is 5.11 Å². The first-order chi connectivity index (χ1) is 14.4. The van der Waals surface area contributed by atoms with Crippen molar-refractivity contribution in [2.24, 2.45) is 11.1 Å². The van der Waals surface area contributed by atoms with Crippen molar-refractivity contribution in [1.82, 2.24) is 19.6 Å². The van der Waals surface area contributed by atoms with E-state index < -0.39 is 0 Å². The number of rotatable bonds is 2. The van der Waals surface area contributed by atoms with Gasteiger partial charge in [0.1, 0.15) is 6.33 Å². The zero-order valence-electron chi connectivity index (χ0n) is 18.0. The quantitative estimate of drug-likeness (QED) is 0.680. The number of hydrogen-bond donors (Lipinski definition) is 2. The van der Waals surface area contributed by atoms with Gasteiger partial charge in [-0.2, -0.15) is 0 Å². The Labute approximate surface area is 176 Å². The lowest BCUT2D eigenvalue weighted by atomic mass is 9.74. The van der Waals surface area contributed by atoms with Gasteiger partial charge in [-0.05, 0) is 68.6 Å². The van der Waals surface area contributed by atoms with Gasteiger partial charge >= 0.3 is 0 Å². The molecule has 2 atom stereocenters. The van der Waals surface area contributed by atoms with Crippen LogP contribution < -0.4 is 10.6 Å². The van der Waals surface area contributed by atoms with Gasteiger partial charge in [0.2, 0.25) is 5.95 Å². The minimum absolute atomic E-state index is 0.0654. The van der Waals surface area contributed by atoms with Gasteiger partial charge in [0, 0.05) is 24.7 Å². The minimum Gasteiger partial charge on any atom is -0.393 e. The number of aliphatic hydroxyl groups is 1. The van der Waals surface area contributed by atoms with Crippen molar-refractivity contribution in [3.05, 3.63) is 41.3 Å². The lowest BCUT2D eigenvalue weighted by Gasteiger charge is -2.42. The van der Waals surface area contributed by atoms with Crippen LogP contribution in [0.2, 0.25) is 0 Å². The Morgan fingerprint density at radius 3 is 2.63 bits per heavy atom. The molecule has 0 bridgehead atoms. The summed E-state index contributed by atoms with van der Waals surface area (Å²) < 4.78 is 2.02. The third kappa shape index (κ3) is 2.91. The summed E-state index contributed by atoms with van der Waals surface area (Å²) in [5.74, 6) is 0.892. The molecule has 1 saturated heterocycles. The maximum atomic E-state index is 10.1. The molecular formula is C23H30N6O. The van der Waals surface area contributed by atoms with Crippen LogP contribution in [0.1, 0.15) is 42.5 Å². The van der Waals surface area contributed by atoms with Crippen molar-refractivity contribution in [2.45, 2.75) is 58.6 Å². The molecule has 3 aromatic rings. The zero-order valence-corrected chi connectivity index (χ0v) is 18.0. The highest BCUT2D eigenvalue weighted by Crippen LogP contribution is 2.46. The molecule has 1 aromatic carbocycles. The number of aryl methyl sites for hydroxylation is 2. The maximum Gasteiger partial charge on any atom is 0.212 e. The zero-order chi connectivity index (χ0) is 21.0. The fourth-order valence-corrected chi connectivity index (χ4v) is 5.51. The highest BCUT2D eigenvalue weighted by molar-refractivity contribution is 5.82. The molecule has 0 radical (unpaired) electrons. The molecule has 1 spiro atoms. The van der Waals surface area contributed by atoms with Gasteiger partial charge in [0.05, 0.1) is 11.8 Å². The lowest BCUT2D eigenvalue weighted by Crippen LogP contribution is -2.47. The molecular weight excluding hydrogens is 376 g/mol. The van der Waals surface area contributed by atoms with E-state index in [1.807, 2.05) is 4.40 Å². The Morgan fingerprint density at radius 1 is 1.17 bits per heavy atom. The molecule has 2 aromatic heterocycles. The number of benzene rings is 1. The smallest absolute Gasteiger partial charge is 0.212 e. The van der Waals surface area contributed by atoms with E-state index in [-0.39, 0.29) is 17.6 Å². The van der Waals surface area contributed by atoms with Crippen LogP contribution in [0, 0.1) is 26.2 Å². The third-order valence-electron chi connectivity index (χ3n) is 7.49. The molecule has 1 saturated carbocycles. The normalized spacial score (nSPS) is 23.6. The predicted molar refractivity (Wildman–Crippen MR) is 118 cm³/mol. The van der Waals surface area contributed by atoms with Crippen LogP contribution in [0.5, 0.6) is 0 Å². The van der Waals surface area contributed by atoms with Gasteiger partial charge in [-0.3, -0.25) is 4.40 Å². The highest BCUT2D eigenvalue weighted by Gasteiger charge is 2.47. The van der Waals surface area contributed by atoms with Crippen LogP contribution in [0.15, 0.2) is 24.5 Å². The number of hydrogen-bond acceptors (Lipinski definition) is 6. The van der Waals surface area contributed by atoms with E-state index in [1.165, 1.54) is 11.1 Å². The molecule has 1 aliphatic carbocycles. The molecule has 3 N–H and O–H groups in total. The van der Waals surface area contributed by atoms with E-state index in [4.69, 9.17) is 10.7 Å². The van der Waals surface area contributed by atoms with Crippen LogP contribution in [-0.4, -0.2) is 49.9 Å². The van der Waals surface area contributed by atoms with Gasteiger partial charge < -0.3 is 15.7 Å². The predicted octanol–water partition coefficient (Wildman–Crippen LogP) is 2.79. The molecule has 5 rings (SSSR count). The molecule has 158 valence electrons. The lowest BCUT2D eigenvalue weighted by molar-refractivity contribution is 0.141. The molecule has 0 unspecified atom stereocenters. The highest BCUT2D eigenvalue weighted by atomic mass is 16.3. The number of anilines is 1. The Kier molecular flexibility index (Phi) is 4.56. The Morgan fingerprint density at radius 2 is 1.93 bits per heavy atom. The number of fused-ring (bicyclic) bond motifs is 1. The topological polar surface area (TPSA) is 92.6 Å².